The second-order valence-electron chi connectivity index (χ2n) is 7.07. The summed E-state index contributed by atoms with van der Waals surface area (Å²) in [6.45, 7) is 2.19. The fraction of sp³-hybridized carbons (Fsp3) is 0.714. The predicted molar refractivity (Wildman–Crippen MR) is 100 cm³/mol. The average molecular weight is 350 g/mol. The third kappa shape index (κ3) is 9.59. The quantitative estimate of drug-likeness (QED) is 0.374. The van der Waals surface area contributed by atoms with Crippen molar-refractivity contribution in [2.75, 3.05) is 0 Å². The molecule has 25 heavy (non-hydrogen) atoms. The molecule has 3 atom stereocenters. The molecule has 1 fully saturated rings. The maximum Gasteiger partial charge on any atom is 0.303 e. The first-order valence-electron chi connectivity index (χ1n) is 9.80. The van der Waals surface area contributed by atoms with Crippen LogP contribution in [0.5, 0.6) is 0 Å². The Labute approximate surface area is 152 Å². The Morgan fingerprint density at radius 1 is 1.24 bits per heavy atom. The van der Waals surface area contributed by atoms with Gasteiger partial charge in [-0.1, -0.05) is 63.3 Å². The van der Waals surface area contributed by atoms with Crippen LogP contribution >= 0.6 is 0 Å². The van der Waals surface area contributed by atoms with Crippen molar-refractivity contribution in [2.24, 2.45) is 11.8 Å². The van der Waals surface area contributed by atoms with Gasteiger partial charge in [0.05, 0.1) is 6.10 Å². The monoisotopic (exact) mass is 350 g/mol. The Kier molecular flexibility index (Phi) is 11.1. The van der Waals surface area contributed by atoms with Crippen LogP contribution in [0.4, 0.5) is 0 Å². The van der Waals surface area contributed by atoms with Crippen LogP contribution in [0.25, 0.3) is 0 Å². The number of unbranched alkanes of at least 4 members (excludes halogenated alkanes) is 4. The van der Waals surface area contributed by atoms with Crippen LogP contribution in [0.1, 0.15) is 77.6 Å². The van der Waals surface area contributed by atoms with Crippen LogP contribution < -0.4 is 0 Å². The molecular formula is C21H34O4. The van der Waals surface area contributed by atoms with Crippen molar-refractivity contribution in [3.05, 3.63) is 24.3 Å². The summed E-state index contributed by atoms with van der Waals surface area (Å²) < 4.78 is 0. The van der Waals surface area contributed by atoms with Crippen molar-refractivity contribution in [3.8, 4) is 0 Å². The van der Waals surface area contributed by atoms with Crippen molar-refractivity contribution in [2.45, 2.75) is 83.7 Å². The van der Waals surface area contributed by atoms with Gasteiger partial charge in [0.2, 0.25) is 0 Å². The van der Waals surface area contributed by atoms with Crippen LogP contribution in [0, 0.1) is 11.8 Å². The molecule has 1 aliphatic rings. The highest BCUT2D eigenvalue weighted by atomic mass is 16.4. The maximum absolute atomic E-state index is 12.0. The van der Waals surface area contributed by atoms with Crippen LogP contribution in [-0.2, 0) is 9.59 Å². The van der Waals surface area contributed by atoms with Gasteiger partial charge in [-0.05, 0) is 31.6 Å². The molecule has 0 aromatic carbocycles. The standard InChI is InChI=1S/C21H34O4/c1-2-3-4-5-7-10-18(22)15-13-17-14-16-20(23)19(17)11-8-6-9-12-21(24)25/h6,8,13,15,17-19,22H,2-5,7,9-12,14,16H2,1H3,(H,24,25). The molecule has 0 saturated heterocycles. The third-order valence-electron chi connectivity index (χ3n) is 4.92. The second kappa shape index (κ2) is 12.9. The molecule has 1 rings (SSSR count). The molecule has 0 aromatic rings. The number of carboxylic acid groups (broad SMARTS) is 1. The molecule has 0 aromatic heterocycles. The minimum atomic E-state index is -0.800. The van der Waals surface area contributed by atoms with E-state index in [1.807, 2.05) is 24.3 Å². The molecule has 4 nitrogen and oxygen atoms in total. The van der Waals surface area contributed by atoms with Gasteiger partial charge in [0.1, 0.15) is 5.78 Å². The highest BCUT2D eigenvalue weighted by Gasteiger charge is 2.31. The van der Waals surface area contributed by atoms with Crippen LogP contribution in [0.3, 0.4) is 0 Å². The van der Waals surface area contributed by atoms with Gasteiger partial charge in [-0.25, -0.2) is 0 Å². The molecule has 1 saturated carbocycles. The maximum atomic E-state index is 12.0. The number of ketones is 1. The normalized spacial score (nSPS) is 22.2. The van der Waals surface area contributed by atoms with Gasteiger partial charge >= 0.3 is 5.97 Å². The molecule has 0 aliphatic heterocycles. The van der Waals surface area contributed by atoms with Crippen LogP contribution in [0.15, 0.2) is 24.3 Å². The van der Waals surface area contributed by atoms with E-state index in [0.717, 1.165) is 19.3 Å². The predicted octanol–water partition coefficient (Wildman–Crippen LogP) is 4.67. The number of aliphatic hydroxyl groups is 1. The summed E-state index contributed by atoms with van der Waals surface area (Å²) in [6.07, 6.45) is 16.8. The first-order chi connectivity index (χ1) is 12.0. The van der Waals surface area contributed by atoms with Gasteiger partial charge in [-0.3, -0.25) is 9.59 Å². The minimum Gasteiger partial charge on any atom is -0.481 e. The molecule has 0 heterocycles. The molecule has 3 unspecified atom stereocenters. The topological polar surface area (TPSA) is 74.6 Å². The summed E-state index contributed by atoms with van der Waals surface area (Å²) in [5.41, 5.74) is 0. The summed E-state index contributed by atoms with van der Waals surface area (Å²) in [7, 11) is 0. The van der Waals surface area contributed by atoms with Crippen molar-refractivity contribution in [1.29, 1.82) is 0 Å². The van der Waals surface area contributed by atoms with Gasteiger partial charge in [-0.2, -0.15) is 0 Å². The lowest BCUT2D eigenvalue weighted by Gasteiger charge is -2.13. The number of rotatable bonds is 13. The molecule has 142 valence electrons. The number of hydrogen-bond acceptors (Lipinski definition) is 3. The van der Waals surface area contributed by atoms with Crippen LogP contribution in [-0.4, -0.2) is 28.1 Å². The van der Waals surface area contributed by atoms with Crippen molar-refractivity contribution in [3.63, 3.8) is 0 Å². The van der Waals surface area contributed by atoms with E-state index in [-0.39, 0.29) is 24.0 Å². The Bertz CT molecular complexity index is 453. The van der Waals surface area contributed by atoms with Gasteiger partial charge in [0, 0.05) is 18.8 Å². The Morgan fingerprint density at radius 3 is 2.72 bits per heavy atom. The highest BCUT2D eigenvalue weighted by molar-refractivity contribution is 5.83. The number of aliphatic hydroxyl groups excluding tert-OH is 1. The summed E-state index contributed by atoms with van der Waals surface area (Å²) in [4.78, 5) is 22.5. The second-order valence-corrected chi connectivity index (χ2v) is 7.07. The molecule has 4 heteroatoms. The van der Waals surface area contributed by atoms with E-state index in [4.69, 9.17) is 5.11 Å². The van der Waals surface area contributed by atoms with E-state index < -0.39 is 12.1 Å². The van der Waals surface area contributed by atoms with Crippen molar-refractivity contribution in [1.82, 2.24) is 0 Å². The van der Waals surface area contributed by atoms with E-state index in [0.29, 0.717) is 19.3 Å². The fourth-order valence-electron chi connectivity index (χ4n) is 3.36. The van der Waals surface area contributed by atoms with Crippen molar-refractivity contribution >= 4 is 11.8 Å². The smallest absolute Gasteiger partial charge is 0.303 e. The van der Waals surface area contributed by atoms with E-state index in [2.05, 4.69) is 6.92 Å². The van der Waals surface area contributed by atoms with E-state index >= 15 is 0 Å². The average Bonchev–Trinajstić information content (AvgIpc) is 2.92. The molecular weight excluding hydrogens is 316 g/mol. The minimum absolute atomic E-state index is 0.0194. The fourth-order valence-corrected chi connectivity index (χ4v) is 3.36. The molecule has 1 aliphatic carbocycles. The summed E-state index contributed by atoms with van der Waals surface area (Å²) in [5, 5.41) is 18.7. The van der Waals surface area contributed by atoms with Crippen LogP contribution in [0.2, 0.25) is 0 Å². The SMILES string of the molecule is CCCCCCCC(O)C=CC1CCC(=O)C1CC=CCCC(=O)O. The summed E-state index contributed by atoms with van der Waals surface area (Å²) >= 11 is 0. The van der Waals surface area contributed by atoms with Crippen molar-refractivity contribution < 1.29 is 19.8 Å². The zero-order chi connectivity index (χ0) is 18.5. The lowest BCUT2D eigenvalue weighted by molar-refractivity contribution is -0.136. The number of Topliss-reactive ketones (excluding diaryl/α,β-unsaturated/α-hetero) is 1. The Morgan fingerprint density at radius 2 is 2.00 bits per heavy atom. The highest BCUT2D eigenvalue weighted by Crippen LogP contribution is 2.33. The molecule has 0 spiro atoms. The summed E-state index contributed by atoms with van der Waals surface area (Å²) in [5.74, 6) is -0.335. The molecule has 2 N–H and O–H groups in total. The van der Waals surface area contributed by atoms with Gasteiger partial charge in [0.15, 0.2) is 0 Å². The lowest BCUT2D eigenvalue weighted by atomic mass is 9.91. The largest absolute Gasteiger partial charge is 0.481 e. The molecule has 0 amide bonds. The number of carboxylic acids is 1. The number of aliphatic carboxylic acids is 1. The first kappa shape index (κ1) is 21.6. The van der Waals surface area contributed by atoms with E-state index in [1.165, 1.54) is 25.7 Å². The Balaban J connectivity index is 2.34. The third-order valence-corrected chi connectivity index (χ3v) is 4.92. The lowest BCUT2D eigenvalue weighted by Crippen LogP contribution is -2.13. The Hall–Kier alpha value is -1.42. The van der Waals surface area contributed by atoms with E-state index in [1.54, 1.807) is 0 Å². The van der Waals surface area contributed by atoms with Gasteiger partial charge < -0.3 is 10.2 Å². The zero-order valence-electron chi connectivity index (χ0n) is 15.5. The zero-order valence-corrected chi connectivity index (χ0v) is 15.5. The number of carbonyl (C=O) groups excluding carboxylic acids is 1. The van der Waals surface area contributed by atoms with E-state index in [9.17, 15) is 14.7 Å². The number of allylic oxidation sites excluding steroid dienone is 3. The van der Waals surface area contributed by atoms with Gasteiger partial charge in [-0.15, -0.1) is 0 Å². The number of carbonyl (C=O) groups is 2. The van der Waals surface area contributed by atoms with Gasteiger partial charge in [0.25, 0.3) is 0 Å². The first-order valence-corrected chi connectivity index (χ1v) is 9.80. The summed E-state index contributed by atoms with van der Waals surface area (Å²) in [6, 6.07) is 0. The molecule has 0 radical (unpaired) electrons. The molecule has 0 bridgehead atoms. The number of hydrogen-bond donors (Lipinski definition) is 2.